The van der Waals surface area contributed by atoms with Gasteiger partial charge >= 0.3 is 0 Å². The normalized spacial score (nSPS) is 19.7. The lowest BCUT2D eigenvalue weighted by molar-refractivity contribution is -0.129. The summed E-state index contributed by atoms with van der Waals surface area (Å²) in [5, 5.41) is 0. The molecule has 0 bridgehead atoms. The fourth-order valence-electron chi connectivity index (χ4n) is 2.96. The Morgan fingerprint density at radius 3 is 2.45 bits per heavy atom. The second-order valence-electron chi connectivity index (χ2n) is 5.72. The first-order chi connectivity index (χ1) is 10.4. The van der Waals surface area contributed by atoms with Crippen LogP contribution in [0.5, 0.6) is 0 Å². The predicted molar refractivity (Wildman–Crippen MR) is 78.9 cm³/mol. The standard InChI is InChI=1S/C15H17FN2O3S/c1-10-4-14(16)3-2-11(10)5-15(19)17-6-12-8-18(22(20)21)9-13(12)7-17/h2-4H,5-9H2,1H3,(H,20,21)/p-1. The van der Waals surface area contributed by atoms with Gasteiger partial charge in [0.15, 0.2) is 0 Å². The van der Waals surface area contributed by atoms with E-state index in [4.69, 9.17) is 0 Å². The number of hydrogen-bond acceptors (Lipinski definition) is 3. The molecule has 0 saturated carbocycles. The summed E-state index contributed by atoms with van der Waals surface area (Å²) < 4.78 is 36.3. The van der Waals surface area contributed by atoms with Crippen LogP contribution in [0.1, 0.15) is 11.1 Å². The van der Waals surface area contributed by atoms with Gasteiger partial charge in [-0.2, -0.15) is 0 Å². The van der Waals surface area contributed by atoms with Crippen molar-refractivity contribution in [1.29, 1.82) is 0 Å². The summed E-state index contributed by atoms with van der Waals surface area (Å²) in [5.74, 6) is -0.319. The zero-order valence-corrected chi connectivity index (χ0v) is 13.0. The van der Waals surface area contributed by atoms with Crippen LogP contribution in [0.15, 0.2) is 29.3 Å². The van der Waals surface area contributed by atoms with Crippen LogP contribution in [-0.4, -0.2) is 50.1 Å². The molecule has 3 rings (SSSR count). The average Bonchev–Trinajstić information content (AvgIpc) is 3.00. The Kier molecular flexibility index (Phi) is 4.12. The van der Waals surface area contributed by atoms with Gasteiger partial charge in [0.1, 0.15) is 5.82 Å². The molecule has 1 unspecified atom stereocenters. The summed E-state index contributed by atoms with van der Waals surface area (Å²) in [6.45, 7) is 3.52. The Balaban J connectivity index is 1.61. The monoisotopic (exact) mass is 323 g/mol. The summed E-state index contributed by atoms with van der Waals surface area (Å²) in [6.07, 6.45) is 0.240. The lowest BCUT2D eigenvalue weighted by Crippen LogP contribution is -2.35. The predicted octanol–water partition coefficient (Wildman–Crippen LogP) is 0.925. The van der Waals surface area contributed by atoms with Crippen LogP contribution in [0.2, 0.25) is 0 Å². The van der Waals surface area contributed by atoms with E-state index in [1.54, 1.807) is 17.9 Å². The van der Waals surface area contributed by atoms with Gasteiger partial charge in [-0.15, -0.1) is 0 Å². The number of rotatable bonds is 3. The van der Waals surface area contributed by atoms with Crippen LogP contribution in [-0.2, 0) is 22.5 Å². The number of benzene rings is 1. The van der Waals surface area contributed by atoms with Gasteiger partial charge in [0.05, 0.1) is 6.42 Å². The maximum atomic E-state index is 13.1. The Morgan fingerprint density at radius 1 is 1.27 bits per heavy atom. The molecule has 1 aromatic carbocycles. The first kappa shape index (κ1) is 15.3. The molecule has 2 heterocycles. The highest BCUT2D eigenvalue weighted by atomic mass is 32.2. The molecule has 0 spiro atoms. The Morgan fingerprint density at radius 2 is 1.91 bits per heavy atom. The first-order valence-corrected chi connectivity index (χ1v) is 8.04. The Bertz CT molecular complexity index is 671. The van der Waals surface area contributed by atoms with E-state index in [9.17, 15) is 17.9 Å². The van der Waals surface area contributed by atoms with E-state index in [0.717, 1.165) is 22.3 Å². The topological polar surface area (TPSA) is 63.7 Å². The van der Waals surface area contributed by atoms with Crippen molar-refractivity contribution >= 4 is 17.2 Å². The molecule has 1 atom stereocenters. The summed E-state index contributed by atoms with van der Waals surface area (Å²) in [4.78, 5) is 14.1. The lowest BCUT2D eigenvalue weighted by Gasteiger charge is -2.24. The van der Waals surface area contributed by atoms with Crippen molar-refractivity contribution < 1.29 is 17.9 Å². The molecule has 0 radical (unpaired) electrons. The van der Waals surface area contributed by atoms with Crippen LogP contribution in [0.3, 0.4) is 0 Å². The van der Waals surface area contributed by atoms with E-state index >= 15 is 0 Å². The van der Waals surface area contributed by atoms with Gasteiger partial charge in [-0.3, -0.25) is 9.00 Å². The smallest absolute Gasteiger partial charge is 0.227 e. The van der Waals surface area contributed by atoms with Crippen molar-refractivity contribution in [3.05, 3.63) is 46.3 Å². The van der Waals surface area contributed by atoms with Gasteiger partial charge in [0, 0.05) is 37.4 Å². The summed E-state index contributed by atoms with van der Waals surface area (Å²) in [7, 11) is 0. The second-order valence-corrected chi connectivity index (χ2v) is 6.67. The highest BCUT2D eigenvalue weighted by Gasteiger charge is 2.32. The summed E-state index contributed by atoms with van der Waals surface area (Å²) in [6, 6.07) is 4.42. The number of amides is 1. The minimum Gasteiger partial charge on any atom is -0.760 e. The van der Waals surface area contributed by atoms with E-state index in [-0.39, 0.29) is 18.1 Å². The largest absolute Gasteiger partial charge is 0.760 e. The van der Waals surface area contributed by atoms with Crippen molar-refractivity contribution in [2.75, 3.05) is 26.2 Å². The van der Waals surface area contributed by atoms with E-state index in [2.05, 4.69) is 0 Å². The average molecular weight is 323 g/mol. The SMILES string of the molecule is Cc1cc(F)ccc1CC(=O)N1CC2=C(C1)CN(S(=O)[O-])C2. The van der Waals surface area contributed by atoms with Gasteiger partial charge in [-0.1, -0.05) is 6.07 Å². The van der Waals surface area contributed by atoms with E-state index < -0.39 is 11.3 Å². The highest BCUT2D eigenvalue weighted by molar-refractivity contribution is 7.76. The maximum absolute atomic E-state index is 13.1. The molecular weight excluding hydrogens is 307 g/mol. The van der Waals surface area contributed by atoms with E-state index in [1.807, 2.05) is 0 Å². The van der Waals surface area contributed by atoms with Crippen molar-refractivity contribution in [3.8, 4) is 0 Å². The zero-order valence-electron chi connectivity index (χ0n) is 12.2. The van der Waals surface area contributed by atoms with Crippen LogP contribution >= 0.6 is 0 Å². The molecular formula is C15H16FN2O3S-. The van der Waals surface area contributed by atoms with Gasteiger partial charge in [0.25, 0.3) is 0 Å². The van der Waals surface area contributed by atoms with Crippen molar-refractivity contribution in [2.24, 2.45) is 0 Å². The Hall–Kier alpha value is -1.57. The number of halogens is 1. The third-order valence-electron chi connectivity index (χ3n) is 4.21. The third-order valence-corrected chi connectivity index (χ3v) is 4.89. The van der Waals surface area contributed by atoms with Crippen molar-refractivity contribution in [2.45, 2.75) is 13.3 Å². The minimum atomic E-state index is -2.21. The van der Waals surface area contributed by atoms with Gasteiger partial charge in [-0.05, 0) is 41.3 Å². The molecule has 7 heteroatoms. The number of nitrogens with zero attached hydrogens (tertiary/aromatic N) is 2. The lowest BCUT2D eigenvalue weighted by atomic mass is 10.1. The summed E-state index contributed by atoms with van der Waals surface area (Å²) in [5.41, 5.74) is 3.63. The van der Waals surface area contributed by atoms with E-state index in [1.165, 1.54) is 16.4 Å². The quantitative estimate of drug-likeness (QED) is 0.614. The molecule has 2 aliphatic rings. The van der Waals surface area contributed by atoms with Gasteiger partial charge in [-0.25, -0.2) is 8.70 Å². The molecule has 0 saturated heterocycles. The minimum absolute atomic E-state index is 0.0149. The first-order valence-electron chi connectivity index (χ1n) is 7.01. The van der Waals surface area contributed by atoms with E-state index in [0.29, 0.717) is 26.2 Å². The third kappa shape index (κ3) is 2.97. The molecule has 0 aliphatic carbocycles. The second kappa shape index (κ2) is 5.91. The maximum Gasteiger partial charge on any atom is 0.227 e. The number of hydrogen-bond donors (Lipinski definition) is 0. The van der Waals surface area contributed by atoms with Crippen LogP contribution in [0.4, 0.5) is 4.39 Å². The molecule has 0 aromatic heterocycles. The van der Waals surface area contributed by atoms with Crippen LogP contribution in [0, 0.1) is 12.7 Å². The molecule has 1 aromatic rings. The molecule has 2 aliphatic heterocycles. The molecule has 0 N–H and O–H groups in total. The molecule has 1 amide bonds. The fourth-order valence-corrected chi connectivity index (χ4v) is 3.48. The summed E-state index contributed by atoms with van der Waals surface area (Å²) >= 11 is -2.21. The van der Waals surface area contributed by atoms with Crippen LogP contribution in [0.25, 0.3) is 0 Å². The molecule has 5 nitrogen and oxygen atoms in total. The Labute approximate surface area is 130 Å². The van der Waals surface area contributed by atoms with Crippen molar-refractivity contribution in [1.82, 2.24) is 9.21 Å². The number of carbonyl (C=O) groups is 1. The fraction of sp³-hybridized carbons (Fsp3) is 0.400. The van der Waals surface area contributed by atoms with Gasteiger partial charge < -0.3 is 9.45 Å². The van der Waals surface area contributed by atoms with Crippen molar-refractivity contribution in [3.63, 3.8) is 0 Å². The molecule has 118 valence electrons. The van der Waals surface area contributed by atoms with Gasteiger partial charge in [0.2, 0.25) is 5.91 Å². The van der Waals surface area contributed by atoms with Crippen LogP contribution < -0.4 is 0 Å². The zero-order chi connectivity index (χ0) is 15.9. The number of carbonyl (C=O) groups excluding carboxylic acids is 1. The molecule has 22 heavy (non-hydrogen) atoms. The number of aryl methyl sites for hydroxylation is 1. The highest BCUT2D eigenvalue weighted by Crippen LogP contribution is 2.26. The molecule has 0 fully saturated rings.